The van der Waals surface area contributed by atoms with Gasteiger partial charge in [-0.05, 0) is 0 Å². The molecule has 0 fully saturated rings. The van der Waals surface area contributed by atoms with E-state index in [4.69, 9.17) is 9.97 Å². The maximum atomic E-state index is 10.5. The first-order valence-corrected chi connectivity index (χ1v) is 19.4. The molecule has 0 saturated heterocycles. The molecule has 0 saturated carbocycles. The van der Waals surface area contributed by atoms with E-state index in [0.29, 0.717) is 0 Å². The van der Waals surface area contributed by atoms with Crippen molar-refractivity contribution in [3.05, 3.63) is 146 Å². The average molecular weight is 777 g/mol. The average Bonchev–Trinajstić information content (AvgIpc) is 3.80. The second kappa shape index (κ2) is 12.7. The molecule has 0 aliphatic heterocycles. The first-order valence-electron chi connectivity index (χ1n) is 16.0. The number of benzene rings is 6. The molecule has 0 unspecified atom stereocenters. The number of rotatable bonds is 6. The van der Waals surface area contributed by atoms with Crippen molar-refractivity contribution < 1.29 is 10.2 Å². The molecule has 0 aliphatic rings. The number of para-hydroxylation sites is 4. The molecule has 0 atom stereocenters. The fourth-order valence-corrected chi connectivity index (χ4v) is 10.6. The van der Waals surface area contributed by atoms with Crippen molar-refractivity contribution in [1.29, 1.82) is 0 Å². The van der Waals surface area contributed by atoms with Crippen molar-refractivity contribution >= 4 is 48.6 Å². The normalized spacial score (nSPS) is 11.4. The van der Waals surface area contributed by atoms with Gasteiger partial charge in [0.2, 0.25) is 0 Å². The molecule has 0 spiro atoms. The van der Waals surface area contributed by atoms with Crippen molar-refractivity contribution in [1.82, 2.24) is 19.9 Å². The standard InChI is InChI=1S/C42H26N4O2Se2/c47-35-17-3-1-13-31(35)41-45-39-29(15-7-19-37(39)49-41)25-9-5-11-27(21-25)33-23-34(44-24-43-33)28-12-6-10-26(22-28)30-16-8-20-38-40(30)46-42(50-38)32-14-2-4-18-36(32)48/h1-24,47-48H. The van der Waals surface area contributed by atoms with Crippen LogP contribution in [-0.4, -0.2) is 59.2 Å². The molecule has 0 aliphatic carbocycles. The van der Waals surface area contributed by atoms with Crippen LogP contribution in [0.15, 0.2) is 146 Å². The molecule has 50 heavy (non-hydrogen) atoms. The van der Waals surface area contributed by atoms with Gasteiger partial charge in [-0.2, -0.15) is 0 Å². The van der Waals surface area contributed by atoms with E-state index < -0.39 is 0 Å². The molecule has 8 heteroatoms. The van der Waals surface area contributed by atoms with Crippen molar-refractivity contribution in [3.8, 4) is 76.5 Å². The van der Waals surface area contributed by atoms with Crippen LogP contribution in [0.2, 0.25) is 0 Å². The molecular formula is C42H26N4O2Se2. The zero-order chi connectivity index (χ0) is 33.6. The molecule has 6 nitrogen and oxygen atoms in total. The van der Waals surface area contributed by atoms with Crippen LogP contribution in [0.5, 0.6) is 11.5 Å². The Morgan fingerprint density at radius 3 is 1.30 bits per heavy atom. The van der Waals surface area contributed by atoms with Gasteiger partial charge in [0.25, 0.3) is 0 Å². The fourth-order valence-electron chi connectivity index (χ4n) is 6.27. The summed E-state index contributed by atoms with van der Waals surface area (Å²) in [7, 11) is 0. The van der Waals surface area contributed by atoms with Gasteiger partial charge in [0.1, 0.15) is 0 Å². The quantitative estimate of drug-likeness (QED) is 0.164. The van der Waals surface area contributed by atoms with Crippen molar-refractivity contribution in [2.45, 2.75) is 0 Å². The van der Waals surface area contributed by atoms with Crippen molar-refractivity contribution in [3.63, 3.8) is 0 Å². The molecule has 3 aromatic heterocycles. The minimum atomic E-state index is -0.00191. The van der Waals surface area contributed by atoms with E-state index in [1.807, 2.05) is 42.5 Å². The molecular weight excluding hydrogens is 750 g/mol. The van der Waals surface area contributed by atoms with E-state index >= 15 is 0 Å². The van der Waals surface area contributed by atoms with Crippen molar-refractivity contribution in [2.24, 2.45) is 0 Å². The van der Waals surface area contributed by atoms with Crippen LogP contribution in [-0.2, 0) is 0 Å². The fraction of sp³-hybridized carbons (Fsp3) is 0. The van der Waals surface area contributed by atoms with E-state index in [1.54, 1.807) is 18.5 Å². The molecule has 9 aromatic rings. The van der Waals surface area contributed by atoms with Crippen LogP contribution in [0.1, 0.15) is 0 Å². The second-order valence-corrected chi connectivity index (χ2v) is 16.2. The van der Waals surface area contributed by atoms with Crippen molar-refractivity contribution in [2.75, 3.05) is 0 Å². The Bertz CT molecular complexity index is 2530. The van der Waals surface area contributed by atoms with Gasteiger partial charge >= 0.3 is 301 Å². The van der Waals surface area contributed by atoms with Crippen LogP contribution >= 0.6 is 0 Å². The number of hydrogen-bond acceptors (Lipinski definition) is 6. The van der Waals surface area contributed by atoms with E-state index in [1.165, 1.54) is 8.52 Å². The Labute approximate surface area is 299 Å². The maximum absolute atomic E-state index is 10.5. The van der Waals surface area contributed by atoms with Gasteiger partial charge in [-0.1, -0.05) is 0 Å². The van der Waals surface area contributed by atoms with Gasteiger partial charge < -0.3 is 0 Å². The predicted molar refractivity (Wildman–Crippen MR) is 202 cm³/mol. The minimum absolute atomic E-state index is 0.00191. The summed E-state index contributed by atoms with van der Waals surface area (Å²) >= 11 is -0.00382. The zero-order valence-corrected chi connectivity index (χ0v) is 29.8. The third-order valence-electron chi connectivity index (χ3n) is 8.71. The molecule has 0 amide bonds. The summed E-state index contributed by atoms with van der Waals surface area (Å²) in [4.78, 5) is 19.4. The van der Waals surface area contributed by atoms with E-state index in [9.17, 15) is 10.2 Å². The molecule has 9 rings (SSSR count). The Balaban J connectivity index is 1.06. The van der Waals surface area contributed by atoms with Gasteiger partial charge in [0, 0.05) is 0 Å². The monoisotopic (exact) mass is 778 g/mol. The predicted octanol–water partition coefficient (Wildman–Crippen LogP) is 9.10. The van der Waals surface area contributed by atoms with Gasteiger partial charge in [-0.25, -0.2) is 0 Å². The summed E-state index contributed by atoms with van der Waals surface area (Å²) in [5, 5.41) is 21.0. The Kier molecular flexibility index (Phi) is 7.72. The molecule has 0 radical (unpaired) electrons. The first-order chi connectivity index (χ1) is 24.6. The van der Waals surface area contributed by atoms with Gasteiger partial charge in [-0.3, -0.25) is 0 Å². The third kappa shape index (κ3) is 5.55. The summed E-state index contributed by atoms with van der Waals surface area (Å²) < 4.78 is 4.27. The number of hydrogen-bond donors (Lipinski definition) is 2. The topological polar surface area (TPSA) is 92.0 Å². The molecule has 238 valence electrons. The Hall–Kier alpha value is -5.62. The Morgan fingerprint density at radius 2 is 0.820 bits per heavy atom. The molecule has 6 aromatic carbocycles. The summed E-state index contributed by atoms with van der Waals surface area (Å²) in [6.45, 7) is 0. The van der Waals surface area contributed by atoms with Crippen LogP contribution in [0.4, 0.5) is 0 Å². The number of phenols is 2. The molecule has 3 heterocycles. The van der Waals surface area contributed by atoms with Crippen LogP contribution in [0, 0.1) is 0 Å². The summed E-state index contributed by atoms with van der Waals surface area (Å²) in [5.74, 6) is 0.518. The number of fused-ring (bicyclic) bond motifs is 2. The van der Waals surface area contributed by atoms with Gasteiger partial charge in [0.05, 0.1) is 0 Å². The van der Waals surface area contributed by atoms with Crippen LogP contribution < -0.4 is 0 Å². The van der Waals surface area contributed by atoms with E-state index in [2.05, 4.69) is 94.9 Å². The van der Waals surface area contributed by atoms with E-state index in [-0.39, 0.29) is 40.5 Å². The van der Waals surface area contributed by atoms with E-state index in [0.717, 1.165) is 76.1 Å². The SMILES string of the molecule is Oc1ccccc1-c1nc2c(-c3cccc(-c4cc(-c5cccc(-c6cccc7[se]c(-c8ccccc8O)nc67)c5)ncn4)c3)cccc2[se]1. The molecule has 2 N–H and O–H groups in total. The van der Waals surface area contributed by atoms with Crippen LogP contribution in [0.3, 0.4) is 0 Å². The number of aromatic hydroxyl groups is 2. The number of aromatic nitrogens is 4. The summed E-state index contributed by atoms with van der Waals surface area (Å²) in [6.07, 6.45) is 1.63. The van der Waals surface area contributed by atoms with Crippen LogP contribution in [0.25, 0.3) is 84.6 Å². The Morgan fingerprint density at radius 1 is 0.400 bits per heavy atom. The summed E-state index contributed by atoms with van der Waals surface area (Å²) in [5.41, 5.74) is 11.4. The zero-order valence-electron chi connectivity index (χ0n) is 26.4. The first kappa shape index (κ1) is 30.4. The van der Waals surface area contributed by atoms with Gasteiger partial charge in [0.15, 0.2) is 0 Å². The number of nitrogens with zero attached hydrogens (tertiary/aromatic N) is 4. The number of phenolic OH excluding ortho intramolecular Hbond substituents is 2. The second-order valence-electron chi connectivity index (χ2n) is 11.8. The third-order valence-corrected chi connectivity index (χ3v) is 13.1. The van der Waals surface area contributed by atoms with Gasteiger partial charge in [-0.15, -0.1) is 0 Å². The summed E-state index contributed by atoms with van der Waals surface area (Å²) in [6, 6.07) is 46.3. The molecule has 0 bridgehead atoms.